The molecule has 82 valence electrons. The van der Waals surface area contributed by atoms with Gasteiger partial charge in [-0.25, -0.2) is 4.79 Å². The molecule has 0 aliphatic rings. The number of hydrogen-bond acceptors (Lipinski definition) is 4. The number of carbonyl (C=O) groups excluding carboxylic acids is 2. The summed E-state index contributed by atoms with van der Waals surface area (Å²) in [5, 5.41) is 0.972. The van der Waals surface area contributed by atoms with Gasteiger partial charge in [-0.3, -0.25) is 4.79 Å². The van der Waals surface area contributed by atoms with E-state index in [0.29, 0.717) is 4.88 Å². The van der Waals surface area contributed by atoms with Crippen molar-refractivity contribution in [2.75, 3.05) is 6.61 Å². The van der Waals surface area contributed by atoms with E-state index in [1.165, 1.54) is 11.3 Å². The van der Waals surface area contributed by atoms with Gasteiger partial charge in [0.15, 0.2) is 0 Å². The maximum absolute atomic E-state index is 11.6. The molecule has 2 rings (SSSR count). The molecule has 0 saturated carbocycles. The molecule has 1 aromatic carbocycles. The number of ketones is 1. The summed E-state index contributed by atoms with van der Waals surface area (Å²) in [6.45, 7) is 1.89. The molecule has 0 bridgehead atoms. The number of hydrogen-bond donors (Lipinski definition) is 0. The molecule has 1 aromatic heterocycles. The predicted octanol–water partition coefficient (Wildman–Crippen LogP) is 2.65. The van der Waals surface area contributed by atoms with Crippen LogP contribution in [-0.4, -0.2) is 18.4 Å². The van der Waals surface area contributed by atoms with E-state index < -0.39 is 11.8 Å². The zero-order chi connectivity index (χ0) is 11.5. The molecule has 0 radical (unpaired) electrons. The van der Waals surface area contributed by atoms with Crippen LogP contribution >= 0.6 is 11.3 Å². The fourth-order valence-electron chi connectivity index (χ4n) is 1.39. The Morgan fingerprint density at radius 2 is 2.06 bits per heavy atom. The number of rotatable bonds is 3. The number of thiophene rings is 1. The summed E-state index contributed by atoms with van der Waals surface area (Å²) in [6, 6.07) is 9.35. The van der Waals surface area contributed by atoms with Crippen molar-refractivity contribution >= 4 is 33.2 Å². The molecule has 0 aliphatic carbocycles. The Kier molecular flexibility index (Phi) is 3.01. The molecule has 0 fully saturated rings. The van der Waals surface area contributed by atoms with E-state index in [1.807, 2.05) is 24.3 Å². The summed E-state index contributed by atoms with van der Waals surface area (Å²) in [5.74, 6) is -1.35. The number of esters is 1. The van der Waals surface area contributed by atoms with Gasteiger partial charge in [0.25, 0.3) is 5.78 Å². The van der Waals surface area contributed by atoms with E-state index >= 15 is 0 Å². The topological polar surface area (TPSA) is 43.4 Å². The van der Waals surface area contributed by atoms with Crippen LogP contribution in [0.15, 0.2) is 30.3 Å². The molecule has 3 nitrogen and oxygen atoms in total. The average molecular weight is 234 g/mol. The van der Waals surface area contributed by atoms with Crippen LogP contribution in [0.4, 0.5) is 0 Å². The summed E-state index contributed by atoms with van der Waals surface area (Å²) in [5.41, 5.74) is 0. The van der Waals surface area contributed by atoms with Crippen LogP contribution in [0.25, 0.3) is 10.1 Å². The van der Waals surface area contributed by atoms with Gasteiger partial charge in [0.2, 0.25) is 0 Å². The number of Topliss-reactive ketones (excluding diaryl/α,β-unsaturated/α-hetero) is 1. The fraction of sp³-hybridized carbons (Fsp3) is 0.167. The van der Waals surface area contributed by atoms with E-state index in [1.54, 1.807) is 13.0 Å². The minimum absolute atomic E-state index is 0.218. The maximum atomic E-state index is 11.6. The lowest BCUT2D eigenvalue weighted by atomic mass is 10.2. The molecule has 0 atom stereocenters. The molecule has 0 spiro atoms. The lowest BCUT2D eigenvalue weighted by molar-refractivity contribution is -0.137. The van der Waals surface area contributed by atoms with Crippen molar-refractivity contribution in [1.82, 2.24) is 0 Å². The Morgan fingerprint density at radius 1 is 1.31 bits per heavy atom. The van der Waals surface area contributed by atoms with Crippen LogP contribution in [0.3, 0.4) is 0 Å². The van der Waals surface area contributed by atoms with E-state index in [0.717, 1.165) is 10.1 Å². The number of fused-ring (bicyclic) bond motifs is 1. The third-order valence-electron chi connectivity index (χ3n) is 2.11. The van der Waals surface area contributed by atoms with Crippen LogP contribution in [0.5, 0.6) is 0 Å². The van der Waals surface area contributed by atoms with E-state index in [2.05, 4.69) is 4.74 Å². The molecule has 16 heavy (non-hydrogen) atoms. The molecular weight excluding hydrogens is 224 g/mol. The Morgan fingerprint density at radius 3 is 2.75 bits per heavy atom. The van der Waals surface area contributed by atoms with Crippen molar-refractivity contribution in [2.24, 2.45) is 0 Å². The minimum Gasteiger partial charge on any atom is -0.460 e. The summed E-state index contributed by atoms with van der Waals surface area (Å²) in [6.07, 6.45) is 0. The highest BCUT2D eigenvalue weighted by Crippen LogP contribution is 2.25. The van der Waals surface area contributed by atoms with Crippen molar-refractivity contribution in [1.29, 1.82) is 0 Å². The predicted molar refractivity (Wildman–Crippen MR) is 62.8 cm³/mol. The number of carbonyl (C=O) groups is 2. The Bertz CT molecular complexity index is 509. The van der Waals surface area contributed by atoms with Crippen molar-refractivity contribution in [2.45, 2.75) is 6.92 Å². The van der Waals surface area contributed by atoms with Gasteiger partial charge in [0.05, 0.1) is 11.5 Å². The van der Waals surface area contributed by atoms with Crippen molar-refractivity contribution < 1.29 is 14.3 Å². The molecule has 4 heteroatoms. The Balaban J connectivity index is 2.33. The molecule has 0 saturated heterocycles. The number of ether oxygens (including phenoxy) is 1. The first-order valence-electron chi connectivity index (χ1n) is 4.92. The first kappa shape index (κ1) is 10.8. The van der Waals surface area contributed by atoms with Crippen LogP contribution < -0.4 is 0 Å². The third-order valence-corrected chi connectivity index (χ3v) is 3.22. The summed E-state index contributed by atoms with van der Waals surface area (Å²) < 4.78 is 5.67. The first-order chi connectivity index (χ1) is 7.72. The van der Waals surface area contributed by atoms with Gasteiger partial charge in [-0.05, 0) is 24.4 Å². The SMILES string of the molecule is CCOC(=O)C(=O)c1cc2ccccc2s1. The zero-order valence-corrected chi connectivity index (χ0v) is 9.54. The summed E-state index contributed by atoms with van der Waals surface area (Å²) in [4.78, 5) is 23.3. The van der Waals surface area contributed by atoms with Crippen molar-refractivity contribution in [3.8, 4) is 0 Å². The van der Waals surface area contributed by atoms with Gasteiger partial charge in [0.1, 0.15) is 0 Å². The number of benzene rings is 1. The average Bonchev–Trinajstić information content (AvgIpc) is 2.71. The van der Waals surface area contributed by atoms with Gasteiger partial charge in [-0.15, -0.1) is 11.3 Å². The van der Waals surface area contributed by atoms with Crippen LogP contribution in [0.1, 0.15) is 16.6 Å². The molecule has 0 unspecified atom stereocenters. The Hall–Kier alpha value is -1.68. The smallest absolute Gasteiger partial charge is 0.380 e. The molecule has 0 amide bonds. The van der Waals surface area contributed by atoms with E-state index in [-0.39, 0.29) is 6.61 Å². The quantitative estimate of drug-likeness (QED) is 0.466. The van der Waals surface area contributed by atoms with Crippen LogP contribution in [-0.2, 0) is 9.53 Å². The Labute approximate surface area is 96.6 Å². The minimum atomic E-state index is -0.783. The second-order valence-corrected chi connectivity index (χ2v) is 4.28. The molecule has 2 aromatic rings. The molecule has 0 N–H and O–H groups in total. The highest BCUT2D eigenvalue weighted by molar-refractivity contribution is 7.21. The van der Waals surface area contributed by atoms with Crippen LogP contribution in [0, 0.1) is 0 Å². The van der Waals surface area contributed by atoms with Gasteiger partial charge in [-0.2, -0.15) is 0 Å². The van der Waals surface area contributed by atoms with E-state index in [4.69, 9.17) is 0 Å². The normalized spacial score (nSPS) is 10.3. The molecular formula is C12H10O3S. The van der Waals surface area contributed by atoms with Crippen molar-refractivity contribution in [3.63, 3.8) is 0 Å². The third kappa shape index (κ3) is 1.97. The van der Waals surface area contributed by atoms with E-state index in [9.17, 15) is 9.59 Å². The van der Waals surface area contributed by atoms with Crippen molar-refractivity contribution in [3.05, 3.63) is 35.2 Å². The monoisotopic (exact) mass is 234 g/mol. The van der Waals surface area contributed by atoms with Gasteiger partial charge in [0, 0.05) is 4.70 Å². The molecule has 0 aliphatic heterocycles. The second-order valence-electron chi connectivity index (χ2n) is 3.20. The fourth-order valence-corrected chi connectivity index (χ4v) is 2.38. The molecule has 1 heterocycles. The van der Waals surface area contributed by atoms with Gasteiger partial charge < -0.3 is 4.74 Å². The maximum Gasteiger partial charge on any atom is 0.380 e. The largest absolute Gasteiger partial charge is 0.460 e. The highest BCUT2D eigenvalue weighted by Gasteiger charge is 2.19. The van der Waals surface area contributed by atoms with Gasteiger partial charge >= 0.3 is 5.97 Å². The summed E-state index contributed by atoms with van der Waals surface area (Å²) >= 11 is 1.31. The standard InChI is InChI=1S/C12H10O3S/c1-2-15-12(14)11(13)10-7-8-5-3-4-6-9(8)16-10/h3-7H,2H2,1H3. The lowest BCUT2D eigenvalue weighted by Crippen LogP contribution is -2.16. The lowest BCUT2D eigenvalue weighted by Gasteiger charge is -1.96. The second kappa shape index (κ2) is 4.45. The summed E-state index contributed by atoms with van der Waals surface area (Å²) in [7, 11) is 0. The zero-order valence-electron chi connectivity index (χ0n) is 8.73. The van der Waals surface area contributed by atoms with Gasteiger partial charge in [-0.1, -0.05) is 18.2 Å². The highest BCUT2D eigenvalue weighted by atomic mass is 32.1. The first-order valence-corrected chi connectivity index (χ1v) is 5.74. The van der Waals surface area contributed by atoms with Crippen LogP contribution in [0.2, 0.25) is 0 Å².